The minimum atomic E-state index is -0.973. The normalized spacial score (nSPS) is 11.6. The standard InChI is InChI=1S/C13H12O3/c1-16-13(15)10-9-12(14)8-7-11-5-3-2-4-6-11/h2-8,12,14H,1H3/b8-7+/t12-/m0/s1. The van der Waals surface area contributed by atoms with E-state index in [2.05, 4.69) is 16.6 Å². The summed E-state index contributed by atoms with van der Waals surface area (Å²) >= 11 is 0. The van der Waals surface area contributed by atoms with Crippen LogP contribution in [0.2, 0.25) is 0 Å². The van der Waals surface area contributed by atoms with Crippen LogP contribution < -0.4 is 0 Å². The molecule has 1 N–H and O–H groups in total. The lowest BCUT2D eigenvalue weighted by molar-refractivity contribution is -0.133. The Morgan fingerprint density at radius 3 is 2.75 bits per heavy atom. The summed E-state index contributed by atoms with van der Waals surface area (Å²) in [5.41, 5.74) is 0.960. The highest BCUT2D eigenvalue weighted by Gasteiger charge is 1.94. The van der Waals surface area contributed by atoms with Crippen LogP contribution >= 0.6 is 0 Å². The van der Waals surface area contributed by atoms with E-state index in [-0.39, 0.29) is 0 Å². The molecule has 3 heteroatoms. The zero-order valence-electron chi connectivity index (χ0n) is 8.88. The van der Waals surface area contributed by atoms with E-state index in [1.165, 1.54) is 13.2 Å². The van der Waals surface area contributed by atoms with Crippen LogP contribution in [-0.2, 0) is 9.53 Å². The molecule has 0 saturated heterocycles. The number of methoxy groups -OCH3 is 1. The Hall–Kier alpha value is -2.05. The van der Waals surface area contributed by atoms with Crippen molar-refractivity contribution in [3.05, 3.63) is 42.0 Å². The summed E-state index contributed by atoms with van der Waals surface area (Å²) in [7, 11) is 1.24. The van der Waals surface area contributed by atoms with Gasteiger partial charge < -0.3 is 9.84 Å². The molecule has 16 heavy (non-hydrogen) atoms. The van der Waals surface area contributed by atoms with Crippen molar-refractivity contribution in [2.45, 2.75) is 6.10 Å². The smallest absolute Gasteiger partial charge is 0.384 e. The molecule has 0 amide bonds. The monoisotopic (exact) mass is 216 g/mol. The summed E-state index contributed by atoms with van der Waals surface area (Å²) in [6.07, 6.45) is 2.27. The second-order valence-electron chi connectivity index (χ2n) is 2.98. The highest BCUT2D eigenvalue weighted by Crippen LogP contribution is 2.01. The molecule has 1 aromatic carbocycles. The van der Waals surface area contributed by atoms with Crippen LogP contribution in [0.15, 0.2) is 36.4 Å². The number of rotatable bonds is 2. The number of aliphatic hydroxyl groups excluding tert-OH is 1. The van der Waals surface area contributed by atoms with E-state index in [0.29, 0.717) is 0 Å². The third-order valence-corrected chi connectivity index (χ3v) is 1.78. The lowest BCUT2D eigenvalue weighted by atomic mass is 10.2. The molecule has 1 rings (SSSR count). The van der Waals surface area contributed by atoms with Crippen molar-refractivity contribution in [1.82, 2.24) is 0 Å². The molecule has 3 nitrogen and oxygen atoms in total. The van der Waals surface area contributed by atoms with E-state index in [1.54, 1.807) is 6.08 Å². The maximum absolute atomic E-state index is 10.7. The average Bonchev–Trinajstić information content (AvgIpc) is 2.34. The van der Waals surface area contributed by atoms with Gasteiger partial charge in [0.25, 0.3) is 0 Å². The largest absolute Gasteiger partial charge is 0.459 e. The first-order valence-corrected chi connectivity index (χ1v) is 4.73. The minimum Gasteiger partial charge on any atom is -0.459 e. The number of carbonyl (C=O) groups excluding carboxylic acids is 1. The summed E-state index contributed by atoms with van der Waals surface area (Å²) in [6.45, 7) is 0. The van der Waals surface area contributed by atoms with Crippen molar-refractivity contribution >= 4 is 12.0 Å². The number of benzene rings is 1. The van der Waals surface area contributed by atoms with Gasteiger partial charge in [-0.05, 0) is 11.6 Å². The Morgan fingerprint density at radius 1 is 1.44 bits per heavy atom. The maximum atomic E-state index is 10.7. The van der Waals surface area contributed by atoms with Gasteiger partial charge in [-0.1, -0.05) is 42.3 Å². The highest BCUT2D eigenvalue weighted by atomic mass is 16.5. The Labute approximate surface area is 94.4 Å². The second kappa shape index (κ2) is 6.44. The Balaban J connectivity index is 2.57. The zero-order valence-corrected chi connectivity index (χ0v) is 8.88. The molecule has 0 unspecified atom stereocenters. The van der Waals surface area contributed by atoms with Gasteiger partial charge in [-0.25, -0.2) is 4.79 Å². The van der Waals surface area contributed by atoms with E-state index in [1.807, 2.05) is 30.3 Å². The van der Waals surface area contributed by atoms with Gasteiger partial charge in [-0.15, -0.1) is 0 Å². The third kappa shape index (κ3) is 4.45. The summed E-state index contributed by atoms with van der Waals surface area (Å²) in [5, 5.41) is 9.39. The molecule has 0 fully saturated rings. The third-order valence-electron chi connectivity index (χ3n) is 1.78. The van der Waals surface area contributed by atoms with Crippen molar-refractivity contribution in [1.29, 1.82) is 0 Å². The molecule has 0 radical (unpaired) electrons. The Kier molecular flexibility index (Phi) is 4.84. The van der Waals surface area contributed by atoms with Crippen LogP contribution in [0.4, 0.5) is 0 Å². The lowest BCUT2D eigenvalue weighted by Gasteiger charge is -1.94. The van der Waals surface area contributed by atoms with Gasteiger partial charge in [0.05, 0.1) is 7.11 Å². The maximum Gasteiger partial charge on any atom is 0.384 e. The quantitative estimate of drug-likeness (QED) is 0.459. The molecular formula is C13H12O3. The molecule has 0 saturated carbocycles. The zero-order chi connectivity index (χ0) is 11.8. The second-order valence-corrected chi connectivity index (χ2v) is 2.98. The van der Waals surface area contributed by atoms with E-state index < -0.39 is 12.1 Å². The molecule has 1 atom stereocenters. The van der Waals surface area contributed by atoms with Crippen LogP contribution in [0.3, 0.4) is 0 Å². The van der Waals surface area contributed by atoms with Gasteiger partial charge in [0, 0.05) is 5.92 Å². The van der Waals surface area contributed by atoms with Gasteiger partial charge in [0.15, 0.2) is 0 Å². The van der Waals surface area contributed by atoms with Gasteiger partial charge >= 0.3 is 5.97 Å². The molecule has 0 aromatic heterocycles. The first-order valence-electron chi connectivity index (χ1n) is 4.73. The fourth-order valence-electron chi connectivity index (χ4n) is 0.998. The number of esters is 1. The summed E-state index contributed by atoms with van der Waals surface area (Å²) in [4.78, 5) is 10.7. The number of hydrogen-bond donors (Lipinski definition) is 1. The van der Waals surface area contributed by atoms with Gasteiger partial charge in [0.1, 0.15) is 6.10 Å². The SMILES string of the molecule is COC(=O)C#C[C@@H](O)/C=C/c1ccccc1. The Morgan fingerprint density at radius 2 is 2.12 bits per heavy atom. The molecule has 1 aromatic rings. The van der Waals surface area contributed by atoms with E-state index in [0.717, 1.165) is 5.56 Å². The van der Waals surface area contributed by atoms with Crippen molar-refractivity contribution < 1.29 is 14.6 Å². The predicted octanol–water partition coefficient (Wildman–Crippen LogP) is 1.24. The first-order chi connectivity index (χ1) is 7.72. The van der Waals surface area contributed by atoms with E-state index in [4.69, 9.17) is 0 Å². The number of carbonyl (C=O) groups is 1. The van der Waals surface area contributed by atoms with Crippen LogP contribution in [0.1, 0.15) is 5.56 Å². The summed E-state index contributed by atoms with van der Waals surface area (Å²) in [6, 6.07) is 9.50. The topological polar surface area (TPSA) is 46.5 Å². The van der Waals surface area contributed by atoms with Crippen LogP contribution in [0.5, 0.6) is 0 Å². The number of hydrogen-bond acceptors (Lipinski definition) is 3. The molecule has 0 bridgehead atoms. The molecule has 82 valence electrons. The first kappa shape index (κ1) is 12.0. The van der Waals surface area contributed by atoms with Crippen molar-refractivity contribution in [3.8, 4) is 11.8 Å². The average molecular weight is 216 g/mol. The molecule has 0 spiro atoms. The predicted molar refractivity (Wildman–Crippen MR) is 61.3 cm³/mol. The lowest BCUT2D eigenvalue weighted by Crippen LogP contribution is -2.00. The van der Waals surface area contributed by atoms with Crippen LogP contribution in [-0.4, -0.2) is 24.3 Å². The summed E-state index contributed by atoms with van der Waals surface area (Å²) < 4.78 is 4.32. The van der Waals surface area contributed by atoms with Gasteiger partial charge in [0.2, 0.25) is 0 Å². The van der Waals surface area contributed by atoms with E-state index >= 15 is 0 Å². The Bertz CT molecular complexity index is 423. The molecule has 0 heterocycles. The molecular weight excluding hydrogens is 204 g/mol. The highest BCUT2D eigenvalue weighted by molar-refractivity contribution is 5.88. The van der Waals surface area contributed by atoms with Crippen molar-refractivity contribution in [2.24, 2.45) is 0 Å². The number of ether oxygens (including phenoxy) is 1. The number of aliphatic hydroxyl groups is 1. The molecule has 0 aliphatic carbocycles. The van der Waals surface area contributed by atoms with Crippen molar-refractivity contribution in [3.63, 3.8) is 0 Å². The van der Waals surface area contributed by atoms with E-state index in [9.17, 15) is 9.90 Å². The molecule has 0 aliphatic rings. The van der Waals surface area contributed by atoms with Crippen molar-refractivity contribution in [2.75, 3.05) is 7.11 Å². The van der Waals surface area contributed by atoms with Gasteiger partial charge in [-0.2, -0.15) is 0 Å². The summed E-state index contributed by atoms with van der Waals surface area (Å²) in [5.74, 6) is 3.84. The fourth-order valence-corrected chi connectivity index (χ4v) is 0.998. The van der Waals surface area contributed by atoms with Crippen LogP contribution in [0, 0.1) is 11.8 Å². The molecule has 0 aliphatic heterocycles. The fraction of sp³-hybridized carbons (Fsp3) is 0.154. The van der Waals surface area contributed by atoms with Crippen LogP contribution in [0.25, 0.3) is 6.08 Å². The van der Waals surface area contributed by atoms with Gasteiger partial charge in [-0.3, -0.25) is 0 Å². The minimum absolute atomic E-state index is 0.660.